The van der Waals surface area contributed by atoms with Gasteiger partial charge in [-0.3, -0.25) is 19.3 Å². The summed E-state index contributed by atoms with van der Waals surface area (Å²) in [4.78, 5) is 22.2. The maximum absolute atomic E-state index is 13.3. The third-order valence-electron chi connectivity index (χ3n) is 5.00. The number of carbonyl (C=O) groups excluding carboxylic acids is 1. The van der Waals surface area contributed by atoms with E-state index in [0.29, 0.717) is 12.2 Å². The number of hydrogen-bond acceptors (Lipinski definition) is 6. The molecule has 1 fully saturated rings. The first-order valence-electron chi connectivity index (χ1n) is 9.67. The van der Waals surface area contributed by atoms with Crippen LogP contribution in [0.4, 0.5) is 5.13 Å². The van der Waals surface area contributed by atoms with E-state index < -0.39 is 0 Å². The Morgan fingerprint density at radius 2 is 2.07 bits per heavy atom. The van der Waals surface area contributed by atoms with Gasteiger partial charge in [0.1, 0.15) is 0 Å². The summed E-state index contributed by atoms with van der Waals surface area (Å²) in [6.45, 7) is 9.39. The highest BCUT2D eigenvalue weighted by Gasteiger charge is 2.25. The molecule has 1 aromatic carbocycles. The molecule has 0 spiro atoms. The lowest BCUT2D eigenvalue weighted by Gasteiger charge is -2.29. The topological polar surface area (TPSA) is 63.5 Å². The number of carbonyl (C=O) groups is 1. The summed E-state index contributed by atoms with van der Waals surface area (Å²) < 4.78 is 8.36. The van der Waals surface area contributed by atoms with Crippen LogP contribution in [0, 0.1) is 6.92 Å². The fraction of sp³-hybridized carbons (Fsp3) is 0.450. The van der Waals surface area contributed by atoms with Crippen molar-refractivity contribution in [2.75, 3.05) is 44.3 Å². The maximum atomic E-state index is 13.3. The standard InChI is InChI=1S/C20H25N5O2S/c1-3-25-15(2)14-17(22-25)19(26)24(9-8-23-10-12-27-13-11-23)20-21-16-6-4-5-7-18(16)28-20/h4-7,14H,3,8-13H2,1-2H3. The molecule has 28 heavy (non-hydrogen) atoms. The lowest BCUT2D eigenvalue weighted by Crippen LogP contribution is -2.43. The predicted molar refractivity (Wildman–Crippen MR) is 111 cm³/mol. The number of anilines is 1. The van der Waals surface area contributed by atoms with Crippen LogP contribution in [-0.2, 0) is 11.3 Å². The van der Waals surface area contributed by atoms with Crippen molar-refractivity contribution in [3.05, 3.63) is 41.7 Å². The Hall–Kier alpha value is -2.29. The van der Waals surface area contributed by atoms with E-state index in [1.54, 1.807) is 16.2 Å². The highest BCUT2D eigenvalue weighted by molar-refractivity contribution is 7.22. The monoisotopic (exact) mass is 399 g/mol. The zero-order chi connectivity index (χ0) is 19.5. The van der Waals surface area contributed by atoms with Crippen molar-refractivity contribution in [3.8, 4) is 0 Å². The molecule has 3 heterocycles. The van der Waals surface area contributed by atoms with Crippen LogP contribution in [0.3, 0.4) is 0 Å². The molecule has 2 aromatic heterocycles. The van der Waals surface area contributed by atoms with Gasteiger partial charge in [0.2, 0.25) is 0 Å². The lowest BCUT2D eigenvalue weighted by atomic mass is 10.3. The van der Waals surface area contributed by atoms with Gasteiger partial charge in [-0.2, -0.15) is 5.10 Å². The molecule has 3 aromatic rings. The van der Waals surface area contributed by atoms with E-state index in [1.807, 2.05) is 48.9 Å². The third-order valence-corrected chi connectivity index (χ3v) is 6.06. The highest BCUT2D eigenvalue weighted by atomic mass is 32.1. The Morgan fingerprint density at radius 3 is 2.79 bits per heavy atom. The number of aryl methyl sites for hydroxylation is 2. The first-order chi connectivity index (χ1) is 13.7. The van der Waals surface area contributed by atoms with E-state index in [2.05, 4.69) is 10.00 Å². The average Bonchev–Trinajstić information content (AvgIpc) is 3.32. The number of aromatic nitrogens is 3. The number of thiazole rings is 1. The Bertz CT molecular complexity index is 928. The largest absolute Gasteiger partial charge is 0.379 e. The van der Waals surface area contributed by atoms with Crippen molar-refractivity contribution in [2.24, 2.45) is 0 Å². The molecule has 148 valence electrons. The molecule has 1 aliphatic rings. The summed E-state index contributed by atoms with van der Waals surface area (Å²) in [5.41, 5.74) is 2.38. The number of para-hydroxylation sites is 1. The Morgan fingerprint density at radius 1 is 1.29 bits per heavy atom. The number of benzene rings is 1. The van der Waals surface area contributed by atoms with Crippen molar-refractivity contribution in [1.29, 1.82) is 0 Å². The van der Waals surface area contributed by atoms with Gasteiger partial charge in [-0.15, -0.1) is 0 Å². The lowest BCUT2D eigenvalue weighted by molar-refractivity contribution is 0.0391. The summed E-state index contributed by atoms with van der Waals surface area (Å²) >= 11 is 1.55. The zero-order valence-electron chi connectivity index (χ0n) is 16.3. The number of nitrogens with zero attached hydrogens (tertiary/aromatic N) is 5. The summed E-state index contributed by atoms with van der Waals surface area (Å²) in [6.07, 6.45) is 0. The normalized spacial score (nSPS) is 15.2. The molecule has 0 aliphatic carbocycles. The Labute approximate surface area is 168 Å². The van der Waals surface area contributed by atoms with Gasteiger partial charge in [0, 0.05) is 38.4 Å². The summed E-state index contributed by atoms with van der Waals surface area (Å²) in [7, 11) is 0. The van der Waals surface area contributed by atoms with Gasteiger partial charge in [-0.1, -0.05) is 23.5 Å². The van der Waals surface area contributed by atoms with E-state index >= 15 is 0 Å². The fourth-order valence-electron chi connectivity index (χ4n) is 3.40. The average molecular weight is 400 g/mol. The van der Waals surface area contributed by atoms with Crippen LogP contribution in [0.5, 0.6) is 0 Å². The first-order valence-corrected chi connectivity index (χ1v) is 10.5. The van der Waals surface area contributed by atoms with Crippen LogP contribution in [0.2, 0.25) is 0 Å². The summed E-state index contributed by atoms with van der Waals surface area (Å²) in [5, 5.41) is 5.22. The molecular weight excluding hydrogens is 374 g/mol. The van der Waals surface area contributed by atoms with Crippen LogP contribution in [-0.4, -0.2) is 65.0 Å². The van der Waals surface area contributed by atoms with Gasteiger partial charge < -0.3 is 4.74 Å². The molecule has 0 unspecified atom stereocenters. The minimum atomic E-state index is -0.0948. The van der Waals surface area contributed by atoms with E-state index in [1.165, 1.54) is 0 Å². The molecular formula is C20H25N5O2S. The molecule has 0 radical (unpaired) electrons. The summed E-state index contributed by atoms with van der Waals surface area (Å²) in [6, 6.07) is 9.85. The van der Waals surface area contributed by atoms with Gasteiger partial charge in [0.15, 0.2) is 10.8 Å². The van der Waals surface area contributed by atoms with Crippen molar-refractivity contribution in [1.82, 2.24) is 19.7 Å². The SMILES string of the molecule is CCn1nc(C(=O)N(CCN2CCOCC2)c2nc3ccccc3s2)cc1C. The number of rotatable bonds is 6. The van der Waals surface area contributed by atoms with Crippen LogP contribution < -0.4 is 4.90 Å². The molecule has 0 bridgehead atoms. The van der Waals surface area contributed by atoms with Crippen molar-refractivity contribution in [3.63, 3.8) is 0 Å². The van der Waals surface area contributed by atoms with Gasteiger partial charge in [-0.05, 0) is 32.0 Å². The zero-order valence-corrected chi connectivity index (χ0v) is 17.1. The first kappa shape index (κ1) is 19.0. The third kappa shape index (κ3) is 3.94. The molecule has 8 heteroatoms. The van der Waals surface area contributed by atoms with E-state index in [4.69, 9.17) is 9.72 Å². The number of hydrogen-bond donors (Lipinski definition) is 0. The number of fused-ring (bicyclic) bond motifs is 1. The number of amides is 1. The minimum Gasteiger partial charge on any atom is -0.379 e. The van der Waals surface area contributed by atoms with Gasteiger partial charge >= 0.3 is 0 Å². The number of morpholine rings is 1. The molecule has 0 atom stereocenters. The molecule has 0 saturated carbocycles. The van der Waals surface area contributed by atoms with Gasteiger partial charge in [-0.25, -0.2) is 4.98 Å². The van der Waals surface area contributed by atoms with Crippen molar-refractivity contribution >= 4 is 32.6 Å². The molecule has 7 nitrogen and oxygen atoms in total. The van der Waals surface area contributed by atoms with E-state index in [0.717, 1.165) is 60.4 Å². The van der Waals surface area contributed by atoms with E-state index in [-0.39, 0.29) is 5.91 Å². The van der Waals surface area contributed by atoms with Crippen LogP contribution in [0.25, 0.3) is 10.2 Å². The molecule has 1 saturated heterocycles. The van der Waals surface area contributed by atoms with Crippen molar-refractivity contribution < 1.29 is 9.53 Å². The van der Waals surface area contributed by atoms with Gasteiger partial charge in [0.05, 0.1) is 23.4 Å². The molecule has 0 N–H and O–H groups in total. The van der Waals surface area contributed by atoms with Crippen LogP contribution in [0.15, 0.2) is 30.3 Å². The Balaban J connectivity index is 1.62. The smallest absolute Gasteiger partial charge is 0.280 e. The van der Waals surface area contributed by atoms with Crippen LogP contribution >= 0.6 is 11.3 Å². The molecule has 4 rings (SSSR count). The predicted octanol–water partition coefficient (Wildman–Crippen LogP) is 2.80. The summed E-state index contributed by atoms with van der Waals surface area (Å²) in [5.74, 6) is -0.0948. The van der Waals surface area contributed by atoms with Gasteiger partial charge in [0.25, 0.3) is 5.91 Å². The second-order valence-corrected chi connectivity index (χ2v) is 7.87. The van der Waals surface area contributed by atoms with E-state index in [9.17, 15) is 4.79 Å². The number of ether oxygens (including phenoxy) is 1. The molecule has 1 amide bonds. The Kier molecular flexibility index (Phi) is 5.70. The molecule has 1 aliphatic heterocycles. The van der Waals surface area contributed by atoms with Crippen LogP contribution in [0.1, 0.15) is 23.1 Å². The maximum Gasteiger partial charge on any atom is 0.280 e. The second kappa shape index (κ2) is 8.38. The quantitative estimate of drug-likeness (QED) is 0.638. The van der Waals surface area contributed by atoms with Crippen molar-refractivity contribution in [2.45, 2.75) is 20.4 Å². The fourth-order valence-corrected chi connectivity index (χ4v) is 4.39. The minimum absolute atomic E-state index is 0.0948. The highest BCUT2D eigenvalue weighted by Crippen LogP contribution is 2.29. The second-order valence-electron chi connectivity index (χ2n) is 6.86.